The molecule has 2 bridgehead atoms. The second-order valence-corrected chi connectivity index (χ2v) is 13.0. The molecule has 6 rings (SSSR count). The zero-order chi connectivity index (χ0) is 25.5. The third kappa shape index (κ3) is 3.39. The van der Waals surface area contributed by atoms with Gasteiger partial charge in [0.25, 0.3) is 0 Å². The normalized spacial score (nSPS) is 27.9. The van der Waals surface area contributed by atoms with Crippen LogP contribution in [0.5, 0.6) is 0 Å². The second kappa shape index (κ2) is 7.92. The lowest BCUT2D eigenvalue weighted by Gasteiger charge is -2.37. The third-order valence-electron chi connectivity index (χ3n) is 9.07. The van der Waals surface area contributed by atoms with Crippen LogP contribution in [0.15, 0.2) is 40.8 Å². The van der Waals surface area contributed by atoms with Crippen molar-refractivity contribution in [1.82, 2.24) is 9.29 Å². The lowest BCUT2D eigenvalue weighted by atomic mass is 9.70. The highest BCUT2D eigenvalue weighted by molar-refractivity contribution is 7.89. The molecule has 0 unspecified atom stereocenters. The van der Waals surface area contributed by atoms with Gasteiger partial charge in [-0.25, -0.2) is 22.2 Å². The predicted octanol–water partition coefficient (Wildman–Crippen LogP) is 5.64. The summed E-state index contributed by atoms with van der Waals surface area (Å²) in [7, 11) is -3.75. The molecule has 3 fully saturated rings. The van der Waals surface area contributed by atoms with Crippen molar-refractivity contribution >= 4 is 26.9 Å². The molecule has 2 heterocycles. The van der Waals surface area contributed by atoms with Gasteiger partial charge in [-0.05, 0) is 72.4 Å². The van der Waals surface area contributed by atoms with Crippen LogP contribution in [-0.4, -0.2) is 35.8 Å². The highest BCUT2D eigenvalue weighted by Gasteiger charge is 2.66. The van der Waals surface area contributed by atoms with E-state index in [2.05, 4.69) is 4.98 Å². The first-order valence-corrected chi connectivity index (χ1v) is 14.0. The van der Waals surface area contributed by atoms with E-state index in [0.717, 1.165) is 18.6 Å². The molecule has 190 valence electrons. The van der Waals surface area contributed by atoms with E-state index in [1.165, 1.54) is 10.4 Å². The summed E-state index contributed by atoms with van der Waals surface area (Å²) in [6, 6.07) is 8.31. The topological polar surface area (TPSA) is 80.5 Å². The van der Waals surface area contributed by atoms with E-state index in [1.807, 2.05) is 13.8 Å². The maximum absolute atomic E-state index is 13.7. The van der Waals surface area contributed by atoms with Crippen LogP contribution < -0.4 is 0 Å². The molecular weight excluding hydrogens is 486 g/mol. The van der Waals surface area contributed by atoms with Crippen LogP contribution in [0.3, 0.4) is 0 Å². The Morgan fingerprint density at radius 1 is 1.08 bits per heavy atom. The lowest BCUT2D eigenvalue weighted by Crippen LogP contribution is -2.46. The minimum atomic E-state index is -3.75. The number of nitrogens with zero attached hydrogens (tertiary/aromatic N) is 2. The van der Waals surface area contributed by atoms with Crippen LogP contribution in [0.25, 0.3) is 22.2 Å². The van der Waals surface area contributed by atoms with Crippen LogP contribution in [-0.2, 0) is 14.8 Å². The van der Waals surface area contributed by atoms with Crippen molar-refractivity contribution in [3.05, 3.63) is 53.9 Å². The minimum Gasteiger partial charge on any atom is -0.439 e. The van der Waals surface area contributed by atoms with Crippen LogP contribution in [0.2, 0.25) is 0 Å². The first-order chi connectivity index (χ1) is 17.0. The van der Waals surface area contributed by atoms with Crippen molar-refractivity contribution in [3.63, 3.8) is 0 Å². The van der Waals surface area contributed by atoms with E-state index in [0.29, 0.717) is 60.3 Å². The second-order valence-electron chi connectivity index (χ2n) is 11.1. The summed E-state index contributed by atoms with van der Waals surface area (Å²) in [6.07, 6.45) is 3.24. The van der Waals surface area contributed by atoms with E-state index in [-0.39, 0.29) is 22.9 Å². The lowest BCUT2D eigenvalue weighted by molar-refractivity contribution is -0.128. The number of fused-ring (bicyclic) bond motifs is 3. The maximum Gasteiger partial charge on any atom is 0.215 e. The number of ketones is 1. The van der Waals surface area contributed by atoms with Crippen molar-refractivity contribution < 1.29 is 26.4 Å². The highest BCUT2D eigenvalue weighted by Crippen LogP contribution is 2.64. The highest BCUT2D eigenvalue weighted by atomic mass is 32.2. The summed E-state index contributed by atoms with van der Waals surface area (Å²) >= 11 is 0. The van der Waals surface area contributed by atoms with E-state index in [1.54, 1.807) is 18.2 Å². The molecule has 3 aliphatic rings. The number of oxazole rings is 1. The zero-order valence-corrected chi connectivity index (χ0v) is 21.1. The molecule has 1 aromatic heterocycles. The fourth-order valence-corrected chi connectivity index (χ4v) is 9.22. The number of sulfonamides is 1. The number of carbonyl (C=O) groups excluding carboxylic acids is 1. The van der Waals surface area contributed by atoms with Gasteiger partial charge < -0.3 is 4.42 Å². The Hall–Kier alpha value is -2.65. The molecule has 1 aliphatic heterocycles. The van der Waals surface area contributed by atoms with Crippen molar-refractivity contribution in [3.8, 4) is 11.1 Å². The molecule has 9 heteroatoms. The summed E-state index contributed by atoms with van der Waals surface area (Å²) in [4.78, 5) is 17.6. The van der Waals surface area contributed by atoms with E-state index >= 15 is 0 Å². The van der Waals surface area contributed by atoms with Gasteiger partial charge in [-0.2, -0.15) is 4.31 Å². The van der Waals surface area contributed by atoms with Crippen LogP contribution in [0.1, 0.15) is 57.9 Å². The number of carbonyl (C=O) groups is 1. The molecule has 2 aromatic carbocycles. The Labute approximate surface area is 208 Å². The summed E-state index contributed by atoms with van der Waals surface area (Å²) in [5, 5.41) is 0. The Morgan fingerprint density at radius 2 is 1.83 bits per heavy atom. The van der Waals surface area contributed by atoms with E-state index in [9.17, 15) is 22.0 Å². The number of halogens is 2. The van der Waals surface area contributed by atoms with Crippen molar-refractivity contribution in [2.24, 2.45) is 16.7 Å². The van der Waals surface area contributed by atoms with Gasteiger partial charge in [-0.15, -0.1) is 0 Å². The van der Waals surface area contributed by atoms with Gasteiger partial charge in [0.05, 0.1) is 5.75 Å². The first-order valence-electron chi connectivity index (χ1n) is 12.4. The summed E-state index contributed by atoms with van der Waals surface area (Å²) in [6.45, 7) is 4.44. The Kier molecular flexibility index (Phi) is 5.22. The molecule has 2 saturated carbocycles. The molecule has 36 heavy (non-hydrogen) atoms. The molecule has 0 amide bonds. The Bertz CT molecular complexity index is 1500. The molecule has 3 aromatic rings. The standard InChI is InChI=1S/C27H28F2N2O4S/c1-26(2)18-9-10-27(26,24(32)14-18)15-36(33,34)31-11-3-4-22(31)25-30-21-13-17(6-8-23(21)35-25)16-5-7-19(28)20(29)12-16/h5-8,12-13,18,22H,3-4,9-11,14-15H2,1-2H3/t18-,22+,27-/m0/s1. The van der Waals surface area contributed by atoms with Gasteiger partial charge in [0.15, 0.2) is 17.2 Å². The number of hydrogen-bond donors (Lipinski definition) is 0. The molecule has 1 saturated heterocycles. The predicted molar refractivity (Wildman–Crippen MR) is 130 cm³/mol. The largest absolute Gasteiger partial charge is 0.439 e. The minimum absolute atomic E-state index is 0.0784. The maximum atomic E-state index is 13.7. The first kappa shape index (κ1) is 23.7. The number of aromatic nitrogens is 1. The summed E-state index contributed by atoms with van der Waals surface area (Å²) < 4.78 is 62.0. The number of hydrogen-bond acceptors (Lipinski definition) is 5. The van der Waals surface area contributed by atoms with Crippen LogP contribution in [0, 0.1) is 28.4 Å². The molecular formula is C27H28F2N2O4S. The molecule has 0 spiro atoms. The Morgan fingerprint density at radius 3 is 2.53 bits per heavy atom. The number of benzene rings is 2. The van der Waals surface area contributed by atoms with Gasteiger partial charge in [0.1, 0.15) is 17.3 Å². The fraction of sp³-hybridized carbons (Fsp3) is 0.481. The van der Waals surface area contributed by atoms with Gasteiger partial charge >= 0.3 is 0 Å². The smallest absolute Gasteiger partial charge is 0.215 e. The van der Waals surface area contributed by atoms with Gasteiger partial charge in [-0.1, -0.05) is 26.0 Å². The summed E-state index contributed by atoms with van der Waals surface area (Å²) in [5.41, 5.74) is 0.993. The molecule has 6 nitrogen and oxygen atoms in total. The van der Waals surface area contributed by atoms with E-state index in [4.69, 9.17) is 4.42 Å². The average Bonchev–Trinajstić information content (AvgIpc) is 3.56. The third-order valence-corrected chi connectivity index (χ3v) is 11.1. The van der Waals surface area contributed by atoms with E-state index < -0.39 is 33.1 Å². The fourth-order valence-electron chi connectivity index (χ4n) is 6.77. The van der Waals surface area contributed by atoms with Crippen LogP contribution >= 0.6 is 0 Å². The van der Waals surface area contributed by atoms with Gasteiger partial charge in [-0.3, -0.25) is 4.79 Å². The van der Waals surface area contributed by atoms with Crippen LogP contribution in [0.4, 0.5) is 8.78 Å². The Balaban J connectivity index is 1.31. The number of Topliss-reactive ketones (excluding diaryl/α,β-unsaturated/α-hetero) is 1. The van der Waals surface area contributed by atoms with Crippen molar-refractivity contribution in [1.29, 1.82) is 0 Å². The van der Waals surface area contributed by atoms with Crippen molar-refractivity contribution in [2.45, 2.75) is 52.0 Å². The van der Waals surface area contributed by atoms with Gasteiger partial charge in [0.2, 0.25) is 15.9 Å². The summed E-state index contributed by atoms with van der Waals surface area (Å²) in [5.74, 6) is -1.38. The van der Waals surface area contributed by atoms with Crippen molar-refractivity contribution in [2.75, 3.05) is 12.3 Å². The quantitative estimate of drug-likeness (QED) is 0.441. The zero-order valence-electron chi connectivity index (χ0n) is 20.3. The monoisotopic (exact) mass is 514 g/mol. The molecule has 3 atom stereocenters. The average molecular weight is 515 g/mol. The number of rotatable bonds is 5. The molecule has 0 radical (unpaired) electrons. The molecule has 2 aliphatic carbocycles. The SMILES string of the molecule is CC1(C)[C@H]2CC[C@]1(CS(=O)(=O)N1CCC[C@@H]1c1nc3cc(-c4ccc(F)c(F)c4)ccc3o1)C(=O)C2. The van der Waals surface area contributed by atoms with Gasteiger partial charge in [0, 0.05) is 18.4 Å². The molecule has 0 N–H and O–H groups in total.